The van der Waals surface area contributed by atoms with Crippen molar-refractivity contribution in [3.05, 3.63) is 47.3 Å². The summed E-state index contributed by atoms with van der Waals surface area (Å²) in [5.74, 6) is 0. The number of carbonyl (C=O) groups excluding carboxylic acids is 2. The molecule has 3 aliphatic rings. The second kappa shape index (κ2) is 12.8. The molecule has 4 heterocycles. The number of likely N-dealkylation sites (tertiary alicyclic amines) is 1. The average Bonchev–Trinajstić information content (AvgIpc) is 3.34. The van der Waals surface area contributed by atoms with Crippen LogP contribution >= 0.6 is 0 Å². The molecule has 1 aromatic heterocycles. The normalized spacial score (nSPS) is 22.0. The van der Waals surface area contributed by atoms with Crippen LogP contribution in [0.4, 0.5) is 26.7 Å². The highest BCUT2D eigenvalue weighted by atomic mass is 16.6. The van der Waals surface area contributed by atoms with Crippen LogP contribution < -0.4 is 10.2 Å². The van der Waals surface area contributed by atoms with Gasteiger partial charge in [0.05, 0.1) is 23.6 Å². The van der Waals surface area contributed by atoms with Crippen molar-refractivity contribution < 1.29 is 14.3 Å². The average molecular weight is 616 g/mol. The molecular formula is C35H49N7O3. The lowest BCUT2D eigenvalue weighted by molar-refractivity contribution is 0.0172. The number of urea groups is 1. The van der Waals surface area contributed by atoms with E-state index in [0.29, 0.717) is 18.8 Å². The van der Waals surface area contributed by atoms with Crippen molar-refractivity contribution in [2.24, 2.45) is 0 Å². The fourth-order valence-corrected chi connectivity index (χ4v) is 7.12. The zero-order valence-corrected chi connectivity index (χ0v) is 28.0. The fraction of sp³-hybridized carbons (Fsp3) is 0.600. The Morgan fingerprint density at radius 2 is 1.80 bits per heavy atom. The minimum atomic E-state index is -0.501. The molecule has 0 radical (unpaired) electrons. The molecule has 3 aliphatic heterocycles. The molecule has 0 saturated carbocycles. The number of nitriles is 1. The minimum Gasteiger partial charge on any atom is -0.444 e. The van der Waals surface area contributed by atoms with E-state index >= 15 is 0 Å². The maximum Gasteiger partial charge on any atom is 0.410 e. The van der Waals surface area contributed by atoms with Gasteiger partial charge >= 0.3 is 12.1 Å². The summed E-state index contributed by atoms with van der Waals surface area (Å²) in [4.78, 5) is 38.0. The molecule has 3 saturated heterocycles. The number of likely N-dealkylation sites (N-methyl/N-ethyl adjacent to an activating group) is 1. The Labute approximate surface area is 268 Å². The lowest BCUT2D eigenvalue weighted by atomic mass is 9.74. The van der Waals surface area contributed by atoms with E-state index in [1.807, 2.05) is 43.8 Å². The number of pyridine rings is 1. The molecule has 10 nitrogen and oxygen atoms in total. The molecule has 0 aliphatic carbocycles. The summed E-state index contributed by atoms with van der Waals surface area (Å²) < 4.78 is 5.58. The van der Waals surface area contributed by atoms with Crippen molar-refractivity contribution in [2.45, 2.75) is 96.7 Å². The molecule has 242 valence electrons. The fourth-order valence-electron chi connectivity index (χ4n) is 7.12. The highest BCUT2D eigenvalue weighted by molar-refractivity contribution is 5.78. The van der Waals surface area contributed by atoms with E-state index in [-0.39, 0.29) is 29.6 Å². The van der Waals surface area contributed by atoms with Gasteiger partial charge in [0.25, 0.3) is 0 Å². The Hall–Kier alpha value is -4.00. The summed E-state index contributed by atoms with van der Waals surface area (Å²) in [6, 6.07) is 11.1. The van der Waals surface area contributed by atoms with Crippen LogP contribution in [0.3, 0.4) is 0 Å². The van der Waals surface area contributed by atoms with Gasteiger partial charge in [-0.1, -0.05) is 26.0 Å². The van der Waals surface area contributed by atoms with Crippen LogP contribution in [0.1, 0.15) is 84.0 Å². The zero-order chi connectivity index (χ0) is 32.5. The third-order valence-electron chi connectivity index (χ3n) is 9.90. The number of benzene rings is 1. The molecule has 2 unspecified atom stereocenters. The lowest BCUT2D eigenvalue weighted by Gasteiger charge is -2.45. The number of rotatable bonds is 6. The number of anilines is 3. The molecular weight excluding hydrogens is 566 g/mol. The van der Waals surface area contributed by atoms with Gasteiger partial charge in [0.1, 0.15) is 11.7 Å². The number of hydrogen-bond donors (Lipinski definition) is 1. The third kappa shape index (κ3) is 6.68. The zero-order valence-electron chi connectivity index (χ0n) is 28.0. The molecule has 1 N–H and O–H groups in total. The number of hydrogen-bond acceptors (Lipinski definition) is 7. The number of carbonyl (C=O) groups is 2. The summed E-state index contributed by atoms with van der Waals surface area (Å²) in [5, 5.41) is 13.6. The van der Waals surface area contributed by atoms with Crippen LogP contribution in [0.25, 0.3) is 0 Å². The number of nitrogens with one attached hydrogen (secondary N) is 1. The van der Waals surface area contributed by atoms with E-state index in [0.717, 1.165) is 74.4 Å². The Bertz CT molecular complexity index is 1440. The Morgan fingerprint density at radius 3 is 2.38 bits per heavy atom. The number of ether oxygens (including phenoxy) is 1. The van der Waals surface area contributed by atoms with E-state index in [4.69, 9.17) is 4.74 Å². The van der Waals surface area contributed by atoms with Crippen LogP contribution in [0.5, 0.6) is 0 Å². The monoisotopic (exact) mass is 615 g/mol. The van der Waals surface area contributed by atoms with Crippen molar-refractivity contribution in [3.8, 4) is 6.07 Å². The lowest BCUT2D eigenvalue weighted by Crippen LogP contribution is -2.55. The van der Waals surface area contributed by atoms with Crippen molar-refractivity contribution >= 4 is 29.2 Å². The van der Waals surface area contributed by atoms with E-state index in [9.17, 15) is 14.9 Å². The van der Waals surface area contributed by atoms with Gasteiger partial charge in [0.15, 0.2) is 5.69 Å². The molecule has 2 atom stereocenters. The van der Waals surface area contributed by atoms with Crippen LogP contribution in [-0.2, 0) is 16.6 Å². The first-order chi connectivity index (χ1) is 21.3. The van der Waals surface area contributed by atoms with E-state index in [2.05, 4.69) is 66.3 Å². The van der Waals surface area contributed by atoms with Crippen LogP contribution in [0.2, 0.25) is 0 Å². The van der Waals surface area contributed by atoms with Gasteiger partial charge in [-0.25, -0.2) is 14.6 Å². The van der Waals surface area contributed by atoms with Gasteiger partial charge in [-0.05, 0) is 82.9 Å². The Balaban J connectivity index is 1.33. The van der Waals surface area contributed by atoms with Gasteiger partial charge in [-0.3, -0.25) is 0 Å². The van der Waals surface area contributed by atoms with Gasteiger partial charge in [-0.15, -0.1) is 0 Å². The van der Waals surface area contributed by atoms with Gasteiger partial charge < -0.3 is 29.7 Å². The largest absolute Gasteiger partial charge is 0.444 e. The third-order valence-corrected chi connectivity index (χ3v) is 9.90. The Kier molecular flexibility index (Phi) is 9.20. The standard InChI is InChI=1S/C35H49N7O3/c1-8-27-30(41-17-9-10-29(24(41)2)42-21-20-39(7)32(42)43)23-37-28(22-36)31(27)38-26-13-11-25(12-14-26)35(6)15-18-40(19-16-35)33(44)45-34(3,4)5/h11-14,23-24,29,38H,8-10,15-21H2,1-7H3. The van der Waals surface area contributed by atoms with Gasteiger partial charge in [0, 0.05) is 57.1 Å². The predicted molar refractivity (Wildman–Crippen MR) is 177 cm³/mol. The topological polar surface area (TPSA) is 105 Å². The molecule has 2 aromatic rings. The summed E-state index contributed by atoms with van der Waals surface area (Å²) in [6.07, 6.45) is 6.02. The number of piperidine rings is 2. The highest BCUT2D eigenvalue weighted by Gasteiger charge is 2.39. The highest BCUT2D eigenvalue weighted by Crippen LogP contribution is 2.39. The molecule has 0 bridgehead atoms. The van der Waals surface area contributed by atoms with Crippen molar-refractivity contribution in [1.29, 1.82) is 5.26 Å². The van der Waals surface area contributed by atoms with E-state index in [1.54, 1.807) is 4.90 Å². The SMILES string of the molecule is CCc1c(N2CCCC(N3CCN(C)C3=O)C2C)cnc(C#N)c1Nc1ccc(C2(C)CCN(C(=O)OC(C)(C)C)CC2)cc1. The quantitative estimate of drug-likeness (QED) is 0.408. The maximum atomic E-state index is 12.8. The first kappa shape index (κ1) is 32.4. The van der Waals surface area contributed by atoms with Crippen LogP contribution in [0.15, 0.2) is 30.5 Å². The second-order valence-electron chi connectivity index (χ2n) is 14.1. The Morgan fingerprint density at radius 1 is 1.11 bits per heavy atom. The summed E-state index contributed by atoms with van der Waals surface area (Å²) in [6.45, 7) is 16.0. The second-order valence-corrected chi connectivity index (χ2v) is 14.1. The van der Waals surface area contributed by atoms with Gasteiger partial charge in [-0.2, -0.15) is 5.26 Å². The molecule has 5 rings (SSSR count). The summed E-state index contributed by atoms with van der Waals surface area (Å²) in [7, 11) is 1.87. The van der Waals surface area contributed by atoms with E-state index in [1.165, 1.54) is 5.56 Å². The number of aromatic nitrogens is 1. The maximum absolute atomic E-state index is 12.8. The summed E-state index contributed by atoms with van der Waals surface area (Å²) >= 11 is 0. The minimum absolute atomic E-state index is 0.0443. The number of nitrogens with zero attached hydrogens (tertiary/aromatic N) is 6. The smallest absolute Gasteiger partial charge is 0.410 e. The van der Waals surface area contributed by atoms with Crippen LogP contribution in [0, 0.1) is 11.3 Å². The number of amides is 3. The van der Waals surface area contributed by atoms with E-state index < -0.39 is 5.60 Å². The van der Waals surface area contributed by atoms with Crippen molar-refractivity contribution in [1.82, 2.24) is 19.7 Å². The predicted octanol–water partition coefficient (Wildman–Crippen LogP) is 6.27. The summed E-state index contributed by atoms with van der Waals surface area (Å²) in [5.41, 5.74) is 4.79. The molecule has 1 aromatic carbocycles. The molecule has 10 heteroatoms. The molecule has 0 spiro atoms. The first-order valence-corrected chi connectivity index (χ1v) is 16.4. The molecule has 3 amide bonds. The van der Waals surface area contributed by atoms with Gasteiger partial charge in [0.2, 0.25) is 0 Å². The molecule has 45 heavy (non-hydrogen) atoms. The molecule has 3 fully saturated rings. The van der Waals surface area contributed by atoms with Crippen LogP contribution in [-0.4, -0.2) is 89.3 Å². The van der Waals surface area contributed by atoms with Crippen molar-refractivity contribution in [3.63, 3.8) is 0 Å². The first-order valence-electron chi connectivity index (χ1n) is 16.4. The van der Waals surface area contributed by atoms with Crippen molar-refractivity contribution in [2.75, 3.05) is 50.0 Å².